The molecule has 2 aromatic carbocycles. The van der Waals surface area contributed by atoms with Crippen molar-refractivity contribution in [3.8, 4) is 11.5 Å². The monoisotopic (exact) mass is 480 g/mol. The number of ketones is 1. The first-order chi connectivity index (χ1) is 16.3. The summed E-state index contributed by atoms with van der Waals surface area (Å²) >= 11 is 0. The SMILES string of the molecule is COc1ccc(OC2CCC(=O)C2)cc1C1(C(=O)NS(=O)(=O)c2cccc3ncccc23)CC1. The molecule has 2 fully saturated rings. The number of carbonyl (C=O) groups is 2. The molecule has 5 rings (SSSR count). The van der Waals surface area contributed by atoms with Gasteiger partial charge in [-0.25, -0.2) is 13.1 Å². The van der Waals surface area contributed by atoms with Crippen LogP contribution in [0.2, 0.25) is 0 Å². The summed E-state index contributed by atoms with van der Waals surface area (Å²) in [4.78, 5) is 29.2. The molecule has 0 aliphatic heterocycles. The van der Waals surface area contributed by atoms with Gasteiger partial charge in [0.15, 0.2) is 0 Å². The molecule has 2 aliphatic carbocycles. The number of aromatic nitrogens is 1. The Kier molecular flexibility index (Phi) is 5.51. The summed E-state index contributed by atoms with van der Waals surface area (Å²) in [6.07, 6.45) is 3.87. The normalized spacial score (nSPS) is 19.1. The van der Waals surface area contributed by atoms with Crippen LogP contribution in [0.1, 0.15) is 37.7 Å². The molecule has 0 spiro atoms. The first kappa shape index (κ1) is 22.3. The van der Waals surface area contributed by atoms with Crippen molar-refractivity contribution in [2.45, 2.75) is 48.5 Å². The zero-order valence-corrected chi connectivity index (χ0v) is 19.4. The highest BCUT2D eigenvalue weighted by Crippen LogP contribution is 2.52. The molecule has 8 nitrogen and oxygen atoms in total. The minimum Gasteiger partial charge on any atom is -0.496 e. The molecule has 9 heteroatoms. The molecule has 1 unspecified atom stereocenters. The van der Waals surface area contributed by atoms with Crippen molar-refractivity contribution < 1.29 is 27.5 Å². The number of sulfonamides is 1. The van der Waals surface area contributed by atoms with E-state index in [0.29, 0.717) is 60.1 Å². The van der Waals surface area contributed by atoms with Gasteiger partial charge in [-0.05, 0) is 61.7 Å². The zero-order chi connectivity index (χ0) is 23.9. The lowest BCUT2D eigenvalue weighted by atomic mass is 9.94. The first-order valence-corrected chi connectivity index (χ1v) is 12.6. The van der Waals surface area contributed by atoms with Crippen LogP contribution in [0, 0.1) is 0 Å². The van der Waals surface area contributed by atoms with Crippen molar-refractivity contribution in [3.63, 3.8) is 0 Å². The Bertz CT molecular complexity index is 1390. The topological polar surface area (TPSA) is 112 Å². The van der Waals surface area contributed by atoms with Crippen LogP contribution >= 0.6 is 0 Å². The van der Waals surface area contributed by atoms with Crippen molar-refractivity contribution in [2.24, 2.45) is 0 Å². The maximum absolute atomic E-state index is 13.4. The number of hydrogen-bond acceptors (Lipinski definition) is 7. The van der Waals surface area contributed by atoms with E-state index in [1.165, 1.54) is 13.2 Å². The third-order valence-electron chi connectivity index (χ3n) is 6.50. The first-order valence-electron chi connectivity index (χ1n) is 11.1. The fraction of sp³-hybridized carbons (Fsp3) is 0.320. The van der Waals surface area contributed by atoms with Crippen molar-refractivity contribution in [2.75, 3.05) is 7.11 Å². The van der Waals surface area contributed by atoms with Crippen LogP contribution in [0.3, 0.4) is 0 Å². The van der Waals surface area contributed by atoms with Gasteiger partial charge in [-0.1, -0.05) is 6.07 Å². The van der Waals surface area contributed by atoms with Crippen molar-refractivity contribution in [3.05, 3.63) is 60.3 Å². The Morgan fingerprint density at radius 2 is 1.97 bits per heavy atom. The van der Waals surface area contributed by atoms with Gasteiger partial charge >= 0.3 is 0 Å². The highest BCUT2D eigenvalue weighted by atomic mass is 32.2. The molecule has 1 amide bonds. The van der Waals surface area contributed by atoms with Crippen LogP contribution in [0.15, 0.2) is 59.6 Å². The molecule has 2 saturated carbocycles. The van der Waals surface area contributed by atoms with E-state index < -0.39 is 21.3 Å². The molecule has 1 heterocycles. The number of Topliss-reactive ketones (excluding diaryl/α,β-unsaturated/α-hetero) is 1. The van der Waals surface area contributed by atoms with Crippen LogP contribution in [0.4, 0.5) is 0 Å². The highest BCUT2D eigenvalue weighted by molar-refractivity contribution is 7.90. The summed E-state index contributed by atoms with van der Waals surface area (Å²) in [6, 6.07) is 13.2. The Labute approximate surface area is 197 Å². The van der Waals surface area contributed by atoms with Crippen LogP contribution in [0.5, 0.6) is 11.5 Å². The summed E-state index contributed by atoms with van der Waals surface area (Å²) in [6.45, 7) is 0. The van der Waals surface area contributed by atoms with Gasteiger partial charge in [0.1, 0.15) is 23.4 Å². The smallest absolute Gasteiger partial charge is 0.264 e. The fourth-order valence-electron chi connectivity index (χ4n) is 4.54. The largest absolute Gasteiger partial charge is 0.496 e. The number of pyridine rings is 1. The van der Waals surface area contributed by atoms with E-state index in [9.17, 15) is 18.0 Å². The lowest BCUT2D eigenvalue weighted by molar-refractivity contribution is -0.122. The van der Waals surface area contributed by atoms with E-state index >= 15 is 0 Å². The molecule has 2 aliphatic rings. The average Bonchev–Trinajstić information content (AvgIpc) is 3.55. The zero-order valence-electron chi connectivity index (χ0n) is 18.6. The molecule has 34 heavy (non-hydrogen) atoms. The third kappa shape index (κ3) is 4.00. The van der Waals surface area contributed by atoms with E-state index in [-0.39, 0.29) is 16.8 Å². The number of fused-ring (bicyclic) bond motifs is 1. The minimum absolute atomic E-state index is 0.00259. The molecular weight excluding hydrogens is 456 g/mol. The van der Waals surface area contributed by atoms with Crippen molar-refractivity contribution in [1.82, 2.24) is 9.71 Å². The number of amides is 1. The summed E-state index contributed by atoms with van der Waals surface area (Å²) < 4.78 is 40.1. The van der Waals surface area contributed by atoms with Gasteiger partial charge in [-0.2, -0.15) is 0 Å². The predicted octanol–water partition coefficient (Wildman–Crippen LogP) is 3.28. The molecule has 0 saturated heterocycles. The van der Waals surface area contributed by atoms with Gasteiger partial charge < -0.3 is 9.47 Å². The Morgan fingerprint density at radius 1 is 1.15 bits per heavy atom. The van der Waals surface area contributed by atoms with Gasteiger partial charge in [0.05, 0.1) is 22.9 Å². The van der Waals surface area contributed by atoms with E-state index in [1.54, 1.807) is 48.7 Å². The van der Waals surface area contributed by atoms with Crippen molar-refractivity contribution >= 4 is 32.6 Å². The number of benzene rings is 2. The summed E-state index contributed by atoms with van der Waals surface area (Å²) in [5, 5.41) is 0.439. The number of rotatable bonds is 7. The second-order valence-corrected chi connectivity index (χ2v) is 10.4. The molecule has 1 aromatic heterocycles. The molecule has 3 aromatic rings. The maximum Gasteiger partial charge on any atom is 0.264 e. The van der Waals surface area contributed by atoms with Crippen LogP contribution < -0.4 is 14.2 Å². The Morgan fingerprint density at radius 3 is 2.68 bits per heavy atom. The minimum atomic E-state index is -4.14. The predicted molar refractivity (Wildman–Crippen MR) is 124 cm³/mol. The molecule has 176 valence electrons. The van der Waals surface area contributed by atoms with E-state index in [2.05, 4.69) is 9.71 Å². The number of carbonyl (C=O) groups excluding carboxylic acids is 2. The molecular formula is C25H24N2O6S. The molecule has 0 radical (unpaired) electrons. The van der Waals surface area contributed by atoms with E-state index in [4.69, 9.17) is 9.47 Å². The maximum atomic E-state index is 13.4. The lowest BCUT2D eigenvalue weighted by Gasteiger charge is -2.21. The summed E-state index contributed by atoms with van der Waals surface area (Å²) in [7, 11) is -2.64. The van der Waals surface area contributed by atoms with E-state index in [0.717, 1.165) is 0 Å². The second-order valence-electron chi connectivity index (χ2n) is 8.73. The molecule has 1 N–H and O–H groups in total. The quantitative estimate of drug-likeness (QED) is 0.552. The van der Waals surface area contributed by atoms with Gasteiger partial charge in [0.25, 0.3) is 10.0 Å². The van der Waals surface area contributed by atoms with Crippen molar-refractivity contribution in [1.29, 1.82) is 0 Å². The average molecular weight is 481 g/mol. The van der Waals surface area contributed by atoms with Crippen LogP contribution in [-0.4, -0.2) is 38.3 Å². The summed E-state index contributed by atoms with van der Waals surface area (Å²) in [5.74, 6) is 0.567. The van der Waals surface area contributed by atoms with Gasteiger partial charge in [0, 0.05) is 30.0 Å². The number of methoxy groups -OCH3 is 1. The standard InChI is InChI=1S/C25H24N2O6S/c1-32-22-10-9-18(33-17-8-7-16(28)14-17)15-20(22)25(11-12-25)24(29)27-34(30,31)23-6-2-5-21-19(23)4-3-13-26-21/h2-6,9-10,13,15,17H,7-8,11-12,14H2,1H3,(H,27,29). The van der Waals surface area contributed by atoms with Gasteiger partial charge in [0.2, 0.25) is 5.91 Å². The highest BCUT2D eigenvalue weighted by Gasteiger charge is 2.54. The molecule has 1 atom stereocenters. The fourth-order valence-corrected chi connectivity index (χ4v) is 5.80. The number of hydrogen-bond donors (Lipinski definition) is 1. The van der Waals surface area contributed by atoms with Gasteiger partial charge in [-0.3, -0.25) is 14.6 Å². The molecule has 0 bridgehead atoms. The van der Waals surface area contributed by atoms with Crippen LogP contribution in [-0.2, 0) is 25.0 Å². The number of nitrogens with zero attached hydrogens (tertiary/aromatic N) is 1. The van der Waals surface area contributed by atoms with E-state index in [1.807, 2.05) is 0 Å². The van der Waals surface area contributed by atoms with Crippen LogP contribution in [0.25, 0.3) is 10.9 Å². The Balaban J connectivity index is 1.44. The second kappa shape index (κ2) is 8.39. The third-order valence-corrected chi connectivity index (χ3v) is 7.89. The van der Waals surface area contributed by atoms with Gasteiger partial charge in [-0.15, -0.1) is 0 Å². The summed E-state index contributed by atoms with van der Waals surface area (Å²) in [5.41, 5.74) is 0.0616. The Hall–Kier alpha value is -3.46. The lowest BCUT2D eigenvalue weighted by Crippen LogP contribution is -2.39. The number of nitrogens with one attached hydrogen (secondary N) is 1. The number of ether oxygens (including phenoxy) is 2.